The fraction of sp³-hybridized carbons (Fsp3) is 1.00. The summed E-state index contributed by atoms with van der Waals surface area (Å²) in [4.78, 5) is 0. The van der Waals surface area contributed by atoms with Crippen molar-refractivity contribution in [2.75, 3.05) is 26.2 Å². The Kier molecular flexibility index (Phi) is 5.09. The minimum absolute atomic E-state index is 1.19. The van der Waals surface area contributed by atoms with Crippen LogP contribution in [0.3, 0.4) is 0 Å². The van der Waals surface area contributed by atoms with E-state index < -0.39 is 0 Å². The van der Waals surface area contributed by atoms with E-state index in [9.17, 15) is 0 Å². The van der Waals surface area contributed by atoms with Gasteiger partial charge in [0.15, 0.2) is 0 Å². The van der Waals surface area contributed by atoms with Gasteiger partial charge in [0.05, 0.1) is 0 Å². The molecule has 66 valence electrons. The number of hydrogen-bond donors (Lipinski definition) is 1. The van der Waals surface area contributed by atoms with Gasteiger partial charge < -0.3 is 5.32 Å². The summed E-state index contributed by atoms with van der Waals surface area (Å²) < 4.78 is 2.35. The zero-order valence-electron chi connectivity index (χ0n) is 7.18. The van der Waals surface area contributed by atoms with Crippen molar-refractivity contribution in [3.63, 3.8) is 0 Å². The topological polar surface area (TPSA) is 15.3 Å². The lowest BCUT2D eigenvalue weighted by Gasteiger charge is -2.17. The Labute approximate surface area is 72.0 Å². The molecule has 2 nitrogen and oxygen atoms in total. The second kappa shape index (κ2) is 5.93. The number of hydrogen-bond acceptors (Lipinski definition) is 2. The monoisotopic (exact) mass is 174 g/mol. The van der Waals surface area contributed by atoms with Crippen LogP contribution >= 0.6 is 9.39 Å². The Morgan fingerprint density at radius 1 is 0.909 bits per heavy atom. The second-order valence-corrected chi connectivity index (χ2v) is 3.93. The third-order valence-corrected chi connectivity index (χ3v) is 2.61. The van der Waals surface area contributed by atoms with Gasteiger partial charge in [-0.15, -0.1) is 0 Å². The minimum atomic E-state index is 1.19. The van der Waals surface area contributed by atoms with Gasteiger partial charge in [-0.1, -0.05) is 15.8 Å². The van der Waals surface area contributed by atoms with Gasteiger partial charge in [-0.2, -0.15) is 0 Å². The van der Waals surface area contributed by atoms with Crippen LogP contribution in [0.4, 0.5) is 0 Å². The van der Waals surface area contributed by atoms with Crippen LogP contribution in [0.5, 0.6) is 0 Å². The van der Waals surface area contributed by atoms with Crippen molar-refractivity contribution in [3.8, 4) is 0 Å². The average molecular weight is 174 g/mol. The van der Waals surface area contributed by atoms with Crippen molar-refractivity contribution in [2.24, 2.45) is 0 Å². The zero-order valence-corrected chi connectivity index (χ0v) is 8.34. The molecule has 0 spiro atoms. The van der Waals surface area contributed by atoms with E-state index in [4.69, 9.17) is 0 Å². The van der Waals surface area contributed by atoms with Gasteiger partial charge in [0.1, 0.15) is 0 Å². The maximum Gasteiger partial charge on any atom is 0.00282 e. The van der Waals surface area contributed by atoms with Crippen molar-refractivity contribution in [1.82, 2.24) is 9.99 Å². The third kappa shape index (κ3) is 4.73. The molecule has 1 unspecified atom stereocenters. The first-order valence-electron chi connectivity index (χ1n) is 4.60. The molecule has 1 atom stereocenters. The van der Waals surface area contributed by atoms with E-state index in [2.05, 4.69) is 19.4 Å². The van der Waals surface area contributed by atoms with Crippen LogP contribution in [0, 0.1) is 0 Å². The van der Waals surface area contributed by atoms with Gasteiger partial charge >= 0.3 is 0 Å². The molecule has 1 aliphatic heterocycles. The molecule has 1 saturated heterocycles. The largest absolute Gasteiger partial charge is 0.317 e. The van der Waals surface area contributed by atoms with Crippen LogP contribution in [0.15, 0.2) is 0 Å². The van der Waals surface area contributed by atoms with Crippen molar-refractivity contribution < 1.29 is 0 Å². The Hall–Kier alpha value is 0.350. The van der Waals surface area contributed by atoms with E-state index in [0.29, 0.717) is 0 Å². The fourth-order valence-corrected chi connectivity index (χ4v) is 1.75. The zero-order chi connectivity index (χ0) is 7.94. The molecule has 1 aliphatic rings. The summed E-state index contributed by atoms with van der Waals surface area (Å²) in [6.07, 6.45) is 5.35. The van der Waals surface area contributed by atoms with Crippen LogP contribution in [-0.2, 0) is 0 Å². The first kappa shape index (κ1) is 9.44. The molecule has 11 heavy (non-hydrogen) atoms. The molecule has 1 N–H and O–H groups in total. The highest BCUT2D eigenvalue weighted by Gasteiger charge is 2.00. The summed E-state index contributed by atoms with van der Waals surface area (Å²) in [7, 11) is 2.81. The van der Waals surface area contributed by atoms with Crippen LogP contribution in [0.2, 0.25) is 0 Å². The molecular weight excluding hydrogens is 155 g/mol. The quantitative estimate of drug-likeness (QED) is 0.556. The molecule has 3 heteroatoms. The van der Waals surface area contributed by atoms with Crippen molar-refractivity contribution >= 4 is 9.39 Å². The molecule has 1 heterocycles. The Morgan fingerprint density at radius 2 is 1.64 bits per heavy atom. The Morgan fingerprint density at radius 3 is 2.55 bits per heavy atom. The van der Waals surface area contributed by atoms with E-state index >= 15 is 0 Å². The first-order chi connectivity index (χ1) is 5.39. The number of nitrogens with zero attached hydrogens (tertiary/aromatic N) is 1. The molecule has 1 rings (SSSR count). The average Bonchev–Trinajstić information content (AvgIpc) is 2.03. The van der Waals surface area contributed by atoms with Crippen molar-refractivity contribution in [3.05, 3.63) is 0 Å². The maximum absolute atomic E-state index is 3.44. The van der Waals surface area contributed by atoms with Gasteiger partial charge in [-0.25, -0.2) is 0 Å². The predicted octanol–water partition coefficient (Wildman–Crippen LogP) is 1.24. The SMILES string of the molecule is PN1CCCCCNCCC1. The molecular formula is C8H19N2P. The third-order valence-electron chi connectivity index (χ3n) is 2.10. The van der Waals surface area contributed by atoms with E-state index in [1.807, 2.05) is 0 Å². The highest BCUT2D eigenvalue weighted by molar-refractivity contribution is 7.13. The molecule has 0 aromatic heterocycles. The summed E-state index contributed by atoms with van der Waals surface area (Å²) in [5.41, 5.74) is 0. The standard InChI is InChI=1S/C8H19N2P/c11-10-7-3-1-2-5-9-6-4-8-10/h9H,1-8,11H2. The van der Waals surface area contributed by atoms with Gasteiger partial charge in [-0.05, 0) is 32.4 Å². The molecule has 0 bridgehead atoms. The van der Waals surface area contributed by atoms with Crippen LogP contribution < -0.4 is 5.32 Å². The van der Waals surface area contributed by atoms with Gasteiger partial charge in [-0.3, -0.25) is 4.67 Å². The van der Waals surface area contributed by atoms with Crippen LogP contribution in [0.25, 0.3) is 0 Å². The van der Waals surface area contributed by atoms with E-state index in [-0.39, 0.29) is 0 Å². The van der Waals surface area contributed by atoms with E-state index in [0.717, 1.165) is 0 Å². The molecule has 0 aliphatic carbocycles. The molecule has 1 fully saturated rings. The summed E-state index contributed by atoms with van der Waals surface area (Å²) in [5.74, 6) is 0. The molecule has 0 radical (unpaired) electrons. The van der Waals surface area contributed by atoms with Crippen molar-refractivity contribution in [1.29, 1.82) is 0 Å². The predicted molar refractivity (Wildman–Crippen MR) is 52.6 cm³/mol. The molecule has 0 aromatic rings. The second-order valence-electron chi connectivity index (χ2n) is 3.20. The number of rotatable bonds is 0. The Balaban J connectivity index is 2.12. The normalized spacial score (nSPS) is 24.8. The fourth-order valence-electron chi connectivity index (χ4n) is 1.39. The summed E-state index contributed by atoms with van der Waals surface area (Å²) in [6.45, 7) is 4.88. The number of nitrogens with one attached hydrogen (secondary N) is 1. The van der Waals surface area contributed by atoms with Gasteiger partial charge in [0, 0.05) is 13.1 Å². The molecule has 0 saturated carbocycles. The van der Waals surface area contributed by atoms with Gasteiger partial charge in [0.25, 0.3) is 0 Å². The molecule has 0 amide bonds. The molecule has 0 aromatic carbocycles. The Bertz CT molecular complexity index is 88.1. The highest BCUT2D eigenvalue weighted by atomic mass is 31.0. The van der Waals surface area contributed by atoms with E-state index in [1.54, 1.807) is 0 Å². The van der Waals surface area contributed by atoms with Crippen LogP contribution in [-0.4, -0.2) is 30.8 Å². The summed E-state index contributed by atoms with van der Waals surface area (Å²) in [6, 6.07) is 0. The maximum atomic E-state index is 3.44. The highest BCUT2D eigenvalue weighted by Crippen LogP contribution is 2.05. The van der Waals surface area contributed by atoms with E-state index in [1.165, 1.54) is 51.9 Å². The van der Waals surface area contributed by atoms with Crippen LogP contribution in [0.1, 0.15) is 25.7 Å². The summed E-state index contributed by atoms with van der Waals surface area (Å²) >= 11 is 0. The lowest BCUT2D eigenvalue weighted by molar-refractivity contribution is 0.414. The van der Waals surface area contributed by atoms with Crippen molar-refractivity contribution in [2.45, 2.75) is 25.7 Å². The lowest BCUT2D eigenvalue weighted by atomic mass is 10.2. The lowest BCUT2D eigenvalue weighted by Crippen LogP contribution is -2.24. The summed E-state index contributed by atoms with van der Waals surface area (Å²) in [5, 5.41) is 3.44. The smallest absolute Gasteiger partial charge is 0.00282 e. The minimum Gasteiger partial charge on any atom is -0.317 e. The van der Waals surface area contributed by atoms with Gasteiger partial charge in [0.2, 0.25) is 0 Å². The first-order valence-corrected chi connectivity index (χ1v) is 5.11.